The topological polar surface area (TPSA) is 65.2 Å². The summed E-state index contributed by atoms with van der Waals surface area (Å²) >= 11 is 0. The van der Waals surface area contributed by atoms with E-state index in [4.69, 9.17) is 9.15 Å². The highest BCUT2D eigenvalue weighted by Crippen LogP contribution is 2.16. The molecule has 0 spiro atoms. The molecule has 0 bridgehead atoms. The molecule has 5 heteroatoms. The molecule has 5 nitrogen and oxygen atoms in total. The van der Waals surface area contributed by atoms with Gasteiger partial charge in [-0.1, -0.05) is 0 Å². The zero-order valence-electron chi connectivity index (χ0n) is 9.64. The van der Waals surface area contributed by atoms with Gasteiger partial charge in [0.25, 0.3) is 0 Å². The summed E-state index contributed by atoms with van der Waals surface area (Å²) in [4.78, 5) is 19.9. The van der Waals surface area contributed by atoms with Crippen molar-refractivity contribution >= 4 is 5.97 Å². The van der Waals surface area contributed by atoms with Crippen LogP contribution in [0.15, 0.2) is 29.2 Å². The van der Waals surface area contributed by atoms with Gasteiger partial charge in [-0.2, -0.15) is 0 Å². The van der Waals surface area contributed by atoms with E-state index >= 15 is 0 Å². The molecule has 2 aromatic rings. The third-order valence-corrected chi connectivity index (χ3v) is 2.25. The van der Waals surface area contributed by atoms with Crippen molar-refractivity contribution in [3.63, 3.8) is 0 Å². The summed E-state index contributed by atoms with van der Waals surface area (Å²) in [6.45, 7) is 3.84. The first-order valence-corrected chi connectivity index (χ1v) is 5.25. The maximum atomic E-state index is 11.5. The smallest absolute Gasteiger partial charge is 0.341 e. The molecule has 0 radical (unpaired) electrons. The van der Waals surface area contributed by atoms with Gasteiger partial charge in [0.15, 0.2) is 5.82 Å². The van der Waals surface area contributed by atoms with E-state index in [0.29, 0.717) is 23.7 Å². The number of hydrogen-bond donors (Lipinski definition) is 0. The predicted octanol–water partition coefficient (Wildman–Crippen LogP) is 2.22. The molecule has 0 fully saturated rings. The van der Waals surface area contributed by atoms with Crippen LogP contribution in [0.3, 0.4) is 0 Å². The largest absolute Gasteiger partial charge is 0.472 e. The Kier molecular flexibility index (Phi) is 3.18. The number of ether oxygens (including phenoxy) is 1. The van der Waals surface area contributed by atoms with Crippen LogP contribution in [0.25, 0.3) is 11.4 Å². The Hall–Kier alpha value is -2.17. The van der Waals surface area contributed by atoms with Crippen LogP contribution < -0.4 is 0 Å². The zero-order chi connectivity index (χ0) is 12.3. The second-order valence-electron chi connectivity index (χ2n) is 3.43. The van der Waals surface area contributed by atoms with E-state index in [9.17, 15) is 4.79 Å². The number of furan rings is 1. The Morgan fingerprint density at radius 2 is 2.35 bits per heavy atom. The van der Waals surface area contributed by atoms with Crippen LogP contribution in [-0.2, 0) is 4.74 Å². The Labute approximate surface area is 98.5 Å². The quantitative estimate of drug-likeness (QED) is 0.759. The van der Waals surface area contributed by atoms with Gasteiger partial charge >= 0.3 is 5.97 Å². The number of aromatic nitrogens is 2. The number of esters is 1. The highest BCUT2D eigenvalue weighted by molar-refractivity contribution is 5.90. The Morgan fingerprint density at radius 1 is 1.53 bits per heavy atom. The van der Waals surface area contributed by atoms with Crippen LogP contribution in [0.2, 0.25) is 0 Å². The Balaban J connectivity index is 2.32. The molecule has 0 amide bonds. The second-order valence-corrected chi connectivity index (χ2v) is 3.43. The van der Waals surface area contributed by atoms with Gasteiger partial charge in [0.2, 0.25) is 0 Å². The predicted molar refractivity (Wildman–Crippen MR) is 60.4 cm³/mol. The van der Waals surface area contributed by atoms with E-state index in [2.05, 4.69) is 9.97 Å². The lowest BCUT2D eigenvalue weighted by Gasteiger charge is -2.05. The van der Waals surface area contributed by atoms with Crippen LogP contribution in [0, 0.1) is 6.92 Å². The fraction of sp³-hybridized carbons (Fsp3) is 0.250. The van der Waals surface area contributed by atoms with E-state index < -0.39 is 5.97 Å². The average Bonchev–Trinajstić information content (AvgIpc) is 2.82. The van der Waals surface area contributed by atoms with Gasteiger partial charge in [0.1, 0.15) is 6.26 Å². The summed E-state index contributed by atoms with van der Waals surface area (Å²) in [7, 11) is 0. The molecule has 0 aliphatic rings. The molecule has 17 heavy (non-hydrogen) atoms. The molecule has 2 rings (SSSR count). The van der Waals surface area contributed by atoms with Crippen molar-refractivity contribution in [2.75, 3.05) is 6.61 Å². The van der Waals surface area contributed by atoms with Gasteiger partial charge in [-0.15, -0.1) is 0 Å². The van der Waals surface area contributed by atoms with Gasteiger partial charge < -0.3 is 9.15 Å². The normalized spacial score (nSPS) is 10.2. The molecular weight excluding hydrogens is 220 g/mol. The number of nitrogens with zero attached hydrogens (tertiary/aromatic N) is 2. The van der Waals surface area contributed by atoms with Crippen LogP contribution in [0.4, 0.5) is 0 Å². The molecule has 2 heterocycles. The minimum absolute atomic E-state index is 0.335. The van der Waals surface area contributed by atoms with Crippen molar-refractivity contribution in [3.05, 3.63) is 36.0 Å². The second kappa shape index (κ2) is 4.78. The van der Waals surface area contributed by atoms with E-state index in [1.807, 2.05) is 0 Å². The molecule has 0 N–H and O–H groups in total. The Morgan fingerprint density at radius 3 is 2.94 bits per heavy atom. The number of carbonyl (C=O) groups excluding carboxylic acids is 1. The fourth-order valence-electron chi connectivity index (χ4n) is 1.41. The first-order valence-electron chi connectivity index (χ1n) is 5.25. The van der Waals surface area contributed by atoms with Gasteiger partial charge in [0, 0.05) is 6.20 Å². The molecule has 0 saturated heterocycles. The van der Waals surface area contributed by atoms with Gasteiger partial charge in [0.05, 0.1) is 29.7 Å². The molecule has 2 aromatic heterocycles. The summed E-state index contributed by atoms with van der Waals surface area (Å²) in [5.74, 6) is 0.132. The van der Waals surface area contributed by atoms with Crippen LogP contribution >= 0.6 is 0 Å². The number of rotatable bonds is 3. The zero-order valence-corrected chi connectivity index (χ0v) is 9.64. The van der Waals surface area contributed by atoms with Gasteiger partial charge in [-0.05, 0) is 19.9 Å². The lowest BCUT2D eigenvalue weighted by atomic mass is 10.2. The molecule has 0 aromatic carbocycles. The first kappa shape index (κ1) is 11.3. The maximum Gasteiger partial charge on any atom is 0.341 e. The summed E-state index contributed by atoms with van der Waals surface area (Å²) in [6, 6.07) is 1.76. The van der Waals surface area contributed by atoms with Gasteiger partial charge in [-0.25, -0.2) is 14.8 Å². The molecule has 0 aliphatic carbocycles. The lowest BCUT2D eigenvalue weighted by Crippen LogP contribution is -2.09. The molecule has 0 saturated carbocycles. The van der Waals surface area contributed by atoms with Crippen molar-refractivity contribution in [1.29, 1.82) is 0 Å². The summed E-state index contributed by atoms with van der Waals surface area (Å²) < 4.78 is 9.86. The number of hydrogen-bond acceptors (Lipinski definition) is 5. The molecule has 88 valence electrons. The van der Waals surface area contributed by atoms with Crippen molar-refractivity contribution in [3.8, 4) is 11.4 Å². The van der Waals surface area contributed by atoms with Crippen LogP contribution in [0.5, 0.6) is 0 Å². The molecule has 0 unspecified atom stereocenters. The van der Waals surface area contributed by atoms with Crippen molar-refractivity contribution in [2.45, 2.75) is 13.8 Å². The van der Waals surface area contributed by atoms with Crippen LogP contribution in [0.1, 0.15) is 23.0 Å². The van der Waals surface area contributed by atoms with E-state index in [1.54, 1.807) is 32.4 Å². The van der Waals surface area contributed by atoms with Gasteiger partial charge in [-0.3, -0.25) is 0 Å². The SMILES string of the molecule is CCOC(=O)c1cnc(-c2ccoc2)nc1C. The standard InChI is InChI=1S/C12H12N2O3/c1-3-17-12(15)10-6-13-11(14-8(10)2)9-4-5-16-7-9/h4-7H,3H2,1-2H3. The highest BCUT2D eigenvalue weighted by Gasteiger charge is 2.13. The first-order chi connectivity index (χ1) is 8.22. The summed E-state index contributed by atoms with van der Waals surface area (Å²) in [5.41, 5.74) is 1.76. The van der Waals surface area contributed by atoms with Crippen molar-refractivity contribution < 1.29 is 13.9 Å². The van der Waals surface area contributed by atoms with Crippen molar-refractivity contribution in [1.82, 2.24) is 9.97 Å². The van der Waals surface area contributed by atoms with Crippen molar-refractivity contribution in [2.24, 2.45) is 0 Å². The fourth-order valence-corrected chi connectivity index (χ4v) is 1.41. The van der Waals surface area contributed by atoms with E-state index in [0.717, 1.165) is 5.56 Å². The summed E-state index contributed by atoms with van der Waals surface area (Å²) in [5, 5.41) is 0. The Bertz CT molecular complexity index is 521. The third kappa shape index (κ3) is 2.33. The number of aryl methyl sites for hydroxylation is 1. The highest BCUT2D eigenvalue weighted by atomic mass is 16.5. The van der Waals surface area contributed by atoms with E-state index in [1.165, 1.54) is 6.20 Å². The van der Waals surface area contributed by atoms with Crippen LogP contribution in [-0.4, -0.2) is 22.5 Å². The molecule has 0 atom stereocenters. The number of carbonyl (C=O) groups is 1. The third-order valence-electron chi connectivity index (χ3n) is 2.25. The lowest BCUT2D eigenvalue weighted by molar-refractivity contribution is 0.0524. The minimum atomic E-state index is -0.399. The molecular formula is C12H12N2O3. The maximum absolute atomic E-state index is 11.5. The monoisotopic (exact) mass is 232 g/mol. The molecule has 0 aliphatic heterocycles. The van der Waals surface area contributed by atoms with E-state index in [-0.39, 0.29) is 0 Å². The minimum Gasteiger partial charge on any atom is -0.472 e. The average molecular weight is 232 g/mol. The summed E-state index contributed by atoms with van der Waals surface area (Å²) in [6.07, 6.45) is 4.58.